The summed E-state index contributed by atoms with van der Waals surface area (Å²) in [6, 6.07) is 9.92. The number of carbonyl (C=O) groups excluding carboxylic acids is 1. The standard InChI is InChI=1S/C23H28F2N2O3/c1-29-21-6-3-16(13-19(21)24)5-8-23(28)26-18-9-11-27(12-10-18)15-17-4-7-22(30-2)20(25)14-17/h3-4,6-7,13-14,18H,5,8-12,15H2,1-2H3,(H,26,28). The summed E-state index contributed by atoms with van der Waals surface area (Å²) in [5.41, 5.74) is 1.67. The predicted molar refractivity (Wildman–Crippen MR) is 111 cm³/mol. The Morgan fingerprint density at radius 1 is 1.00 bits per heavy atom. The lowest BCUT2D eigenvalue weighted by Crippen LogP contribution is -2.44. The van der Waals surface area contributed by atoms with E-state index in [-0.39, 0.29) is 29.3 Å². The zero-order chi connectivity index (χ0) is 21.5. The number of likely N-dealkylation sites (tertiary alicyclic amines) is 1. The average Bonchev–Trinajstić information content (AvgIpc) is 2.74. The minimum absolute atomic E-state index is 0.0260. The van der Waals surface area contributed by atoms with E-state index in [1.165, 1.54) is 26.4 Å². The summed E-state index contributed by atoms with van der Waals surface area (Å²) >= 11 is 0. The maximum Gasteiger partial charge on any atom is 0.220 e. The second kappa shape index (κ2) is 10.4. The molecule has 0 spiro atoms. The van der Waals surface area contributed by atoms with Crippen molar-refractivity contribution in [2.75, 3.05) is 27.3 Å². The van der Waals surface area contributed by atoms with Gasteiger partial charge in [-0.25, -0.2) is 8.78 Å². The molecule has 0 bridgehead atoms. The van der Waals surface area contributed by atoms with Crippen LogP contribution in [0, 0.1) is 11.6 Å². The van der Waals surface area contributed by atoms with Crippen molar-refractivity contribution in [3.8, 4) is 11.5 Å². The topological polar surface area (TPSA) is 50.8 Å². The molecule has 1 fully saturated rings. The number of nitrogens with one attached hydrogen (secondary N) is 1. The quantitative estimate of drug-likeness (QED) is 0.710. The molecule has 2 aromatic carbocycles. The van der Waals surface area contributed by atoms with Gasteiger partial charge in [-0.3, -0.25) is 9.69 Å². The van der Waals surface area contributed by atoms with Crippen molar-refractivity contribution >= 4 is 5.91 Å². The highest BCUT2D eigenvalue weighted by molar-refractivity contribution is 5.76. The molecular formula is C23H28F2N2O3. The summed E-state index contributed by atoms with van der Waals surface area (Å²) in [7, 11) is 2.87. The molecule has 0 unspecified atom stereocenters. The predicted octanol–water partition coefficient (Wildman–Crippen LogP) is 3.70. The normalized spacial score (nSPS) is 15.1. The Hall–Kier alpha value is -2.67. The van der Waals surface area contributed by atoms with Gasteiger partial charge >= 0.3 is 0 Å². The molecule has 2 aromatic rings. The summed E-state index contributed by atoms with van der Waals surface area (Å²) in [6.07, 6.45) is 2.49. The molecular weight excluding hydrogens is 390 g/mol. The number of ether oxygens (including phenoxy) is 2. The van der Waals surface area contributed by atoms with E-state index in [1.807, 2.05) is 6.07 Å². The van der Waals surface area contributed by atoms with Gasteiger partial charge in [-0.2, -0.15) is 0 Å². The van der Waals surface area contributed by atoms with Gasteiger partial charge in [0.25, 0.3) is 0 Å². The highest BCUT2D eigenvalue weighted by atomic mass is 19.1. The molecule has 0 radical (unpaired) electrons. The van der Waals surface area contributed by atoms with Gasteiger partial charge in [0.05, 0.1) is 14.2 Å². The first-order valence-electron chi connectivity index (χ1n) is 10.1. The van der Waals surface area contributed by atoms with Gasteiger partial charge in [-0.15, -0.1) is 0 Å². The molecule has 1 aliphatic heterocycles. The van der Waals surface area contributed by atoms with E-state index in [9.17, 15) is 13.6 Å². The van der Waals surface area contributed by atoms with E-state index in [2.05, 4.69) is 10.2 Å². The molecule has 0 aliphatic carbocycles. The number of halogens is 2. The van der Waals surface area contributed by atoms with E-state index < -0.39 is 5.82 Å². The van der Waals surface area contributed by atoms with Crippen molar-refractivity contribution in [2.24, 2.45) is 0 Å². The molecule has 7 heteroatoms. The molecule has 3 rings (SSSR count). The van der Waals surface area contributed by atoms with Crippen LogP contribution in [0.3, 0.4) is 0 Å². The van der Waals surface area contributed by atoms with E-state index in [0.717, 1.165) is 37.1 Å². The molecule has 1 N–H and O–H groups in total. The number of piperidine rings is 1. The van der Waals surface area contributed by atoms with Crippen LogP contribution in [0.1, 0.15) is 30.4 Å². The lowest BCUT2D eigenvalue weighted by molar-refractivity contribution is -0.122. The number of benzene rings is 2. The van der Waals surface area contributed by atoms with Crippen LogP contribution in [0.25, 0.3) is 0 Å². The first-order chi connectivity index (χ1) is 14.5. The number of carbonyl (C=O) groups is 1. The highest BCUT2D eigenvalue weighted by Crippen LogP contribution is 2.21. The van der Waals surface area contributed by atoms with E-state index in [4.69, 9.17) is 9.47 Å². The van der Waals surface area contributed by atoms with E-state index in [1.54, 1.807) is 18.2 Å². The van der Waals surface area contributed by atoms with Crippen LogP contribution < -0.4 is 14.8 Å². The first-order valence-corrected chi connectivity index (χ1v) is 10.1. The Morgan fingerprint density at radius 3 is 2.13 bits per heavy atom. The minimum Gasteiger partial charge on any atom is -0.494 e. The summed E-state index contributed by atoms with van der Waals surface area (Å²) in [5.74, 6) is -0.347. The maximum absolute atomic E-state index is 13.8. The molecule has 1 amide bonds. The van der Waals surface area contributed by atoms with Crippen molar-refractivity contribution in [2.45, 2.75) is 38.3 Å². The molecule has 5 nitrogen and oxygen atoms in total. The summed E-state index contributed by atoms with van der Waals surface area (Å²) in [4.78, 5) is 14.5. The first kappa shape index (κ1) is 22.0. The fourth-order valence-corrected chi connectivity index (χ4v) is 3.72. The third-order valence-electron chi connectivity index (χ3n) is 5.43. The lowest BCUT2D eigenvalue weighted by atomic mass is 10.0. The van der Waals surface area contributed by atoms with Gasteiger partial charge in [0.1, 0.15) is 0 Å². The Kier molecular flexibility index (Phi) is 7.63. The van der Waals surface area contributed by atoms with Gasteiger partial charge in [0.15, 0.2) is 23.1 Å². The van der Waals surface area contributed by atoms with Crippen LogP contribution in [0.5, 0.6) is 11.5 Å². The molecule has 0 aromatic heterocycles. The Labute approximate surface area is 176 Å². The summed E-state index contributed by atoms with van der Waals surface area (Å²) < 4.78 is 37.4. The Morgan fingerprint density at radius 2 is 1.57 bits per heavy atom. The third-order valence-corrected chi connectivity index (χ3v) is 5.43. The Balaban J connectivity index is 1.40. The molecule has 0 atom stereocenters. The number of rotatable bonds is 8. The van der Waals surface area contributed by atoms with Crippen molar-refractivity contribution < 1.29 is 23.0 Å². The number of amides is 1. The molecule has 0 saturated carbocycles. The second-order valence-corrected chi connectivity index (χ2v) is 7.56. The maximum atomic E-state index is 13.8. The molecule has 162 valence electrons. The number of hydrogen-bond donors (Lipinski definition) is 1. The largest absolute Gasteiger partial charge is 0.494 e. The van der Waals surface area contributed by atoms with E-state index >= 15 is 0 Å². The molecule has 1 aliphatic rings. The highest BCUT2D eigenvalue weighted by Gasteiger charge is 2.21. The second-order valence-electron chi connectivity index (χ2n) is 7.56. The van der Waals surface area contributed by atoms with Crippen molar-refractivity contribution in [1.29, 1.82) is 0 Å². The van der Waals surface area contributed by atoms with Crippen molar-refractivity contribution in [3.05, 3.63) is 59.2 Å². The van der Waals surface area contributed by atoms with Crippen LogP contribution in [-0.4, -0.2) is 44.2 Å². The number of methoxy groups -OCH3 is 2. The number of nitrogens with zero attached hydrogens (tertiary/aromatic N) is 1. The smallest absolute Gasteiger partial charge is 0.220 e. The fourth-order valence-electron chi connectivity index (χ4n) is 3.72. The minimum atomic E-state index is -0.417. The zero-order valence-corrected chi connectivity index (χ0v) is 17.4. The van der Waals surface area contributed by atoms with Gasteiger partial charge in [0, 0.05) is 32.1 Å². The fraction of sp³-hybridized carbons (Fsp3) is 0.435. The van der Waals surface area contributed by atoms with Crippen LogP contribution >= 0.6 is 0 Å². The van der Waals surface area contributed by atoms with Gasteiger partial charge in [-0.1, -0.05) is 12.1 Å². The average molecular weight is 418 g/mol. The lowest BCUT2D eigenvalue weighted by Gasteiger charge is -2.32. The third kappa shape index (κ3) is 5.92. The number of aryl methyl sites for hydroxylation is 1. The SMILES string of the molecule is COc1ccc(CCC(=O)NC2CCN(Cc3ccc(OC)c(F)c3)CC2)cc1F. The summed E-state index contributed by atoms with van der Waals surface area (Å²) in [5, 5.41) is 3.07. The van der Waals surface area contributed by atoms with Crippen molar-refractivity contribution in [1.82, 2.24) is 10.2 Å². The zero-order valence-electron chi connectivity index (χ0n) is 17.4. The summed E-state index contributed by atoms with van der Waals surface area (Å²) in [6.45, 7) is 2.34. The van der Waals surface area contributed by atoms with E-state index in [0.29, 0.717) is 19.4 Å². The van der Waals surface area contributed by atoms with Crippen molar-refractivity contribution in [3.63, 3.8) is 0 Å². The van der Waals surface area contributed by atoms with Crippen LogP contribution in [0.4, 0.5) is 8.78 Å². The monoisotopic (exact) mass is 418 g/mol. The van der Waals surface area contributed by atoms with Crippen LogP contribution in [0.15, 0.2) is 36.4 Å². The molecule has 1 saturated heterocycles. The molecule has 30 heavy (non-hydrogen) atoms. The van der Waals surface area contributed by atoms with Crippen LogP contribution in [0.2, 0.25) is 0 Å². The molecule has 1 heterocycles. The van der Waals surface area contributed by atoms with Crippen LogP contribution in [-0.2, 0) is 17.8 Å². The Bertz CT molecular complexity index is 868. The van der Waals surface area contributed by atoms with Gasteiger partial charge < -0.3 is 14.8 Å². The van der Waals surface area contributed by atoms with Gasteiger partial charge in [0.2, 0.25) is 5.91 Å². The van der Waals surface area contributed by atoms with Gasteiger partial charge in [-0.05, 0) is 54.7 Å². The number of hydrogen-bond acceptors (Lipinski definition) is 4.